The van der Waals surface area contributed by atoms with E-state index in [0.717, 1.165) is 37.7 Å². The molecule has 2 aliphatic carbocycles. The third kappa shape index (κ3) is 9.45. The van der Waals surface area contributed by atoms with Crippen LogP contribution in [0.1, 0.15) is 108 Å². The molecule has 4 rings (SSSR count). The Morgan fingerprint density at radius 3 is 2.07 bits per heavy atom. The average Bonchev–Trinajstić information content (AvgIpc) is 3.68. The number of carbonyl (C=O) groups is 2. The van der Waals surface area contributed by atoms with Gasteiger partial charge in [0.1, 0.15) is 11.2 Å². The van der Waals surface area contributed by atoms with Crippen molar-refractivity contribution in [2.75, 3.05) is 0 Å². The maximum absolute atomic E-state index is 13.4. The van der Waals surface area contributed by atoms with E-state index >= 15 is 0 Å². The van der Waals surface area contributed by atoms with Crippen molar-refractivity contribution in [3.05, 3.63) is 76.9 Å². The number of hydrogen-bond donors (Lipinski definition) is 1. The first-order valence-corrected chi connectivity index (χ1v) is 15.6. The van der Waals surface area contributed by atoms with Gasteiger partial charge in [-0.1, -0.05) is 61.0 Å². The van der Waals surface area contributed by atoms with Crippen LogP contribution in [-0.4, -0.2) is 46.3 Å². The maximum Gasteiger partial charge on any atom is 0.410 e. The van der Waals surface area contributed by atoms with Gasteiger partial charge in [-0.05, 0) is 109 Å². The van der Waals surface area contributed by atoms with E-state index < -0.39 is 11.2 Å². The molecule has 6 nitrogen and oxygen atoms in total. The highest BCUT2D eigenvalue weighted by atomic mass is 16.6. The maximum atomic E-state index is 13.4. The van der Waals surface area contributed by atoms with Crippen molar-refractivity contribution >= 4 is 18.1 Å². The Bertz CT molecular complexity index is 1220. The molecule has 42 heavy (non-hydrogen) atoms. The molecule has 1 amide bonds. The number of ether oxygens (including phenoxy) is 2. The van der Waals surface area contributed by atoms with E-state index in [-0.39, 0.29) is 18.1 Å². The molecule has 0 saturated heterocycles. The van der Waals surface area contributed by atoms with Gasteiger partial charge in [0, 0.05) is 24.7 Å². The van der Waals surface area contributed by atoms with Crippen LogP contribution in [0.2, 0.25) is 0 Å². The van der Waals surface area contributed by atoms with Crippen molar-refractivity contribution in [3.8, 4) is 0 Å². The van der Waals surface area contributed by atoms with Crippen LogP contribution in [0.25, 0.3) is 6.08 Å². The van der Waals surface area contributed by atoms with Gasteiger partial charge in [-0.25, -0.2) is 9.59 Å². The fourth-order valence-corrected chi connectivity index (χ4v) is 5.82. The van der Waals surface area contributed by atoms with Gasteiger partial charge in [-0.15, -0.1) is 0 Å². The molecule has 2 atom stereocenters. The second kappa shape index (κ2) is 13.5. The first-order valence-electron chi connectivity index (χ1n) is 15.6. The Morgan fingerprint density at radius 1 is 0.881 bits per heavy atom. The lowest BCUT2D eigenvalue weighted by Crippen LogP contribution is -2.47. The second-order valence-corrected chi connectivity index (χ2v) is 13.9. The third-order valence-corrected chi connectivity index (χ3v) is 7.98. The highest BCUT2D eigenvalue weighted by Crippen LogP contribution is 2.41. The van der Waals surface area contributed by atoms with E-state index in [1.807, 2.05) is 58.6 Å². The first kappa shape index (κ1) is 31.8. The topological polar surface area (TPSA) is 67.9 Å². The summed E-state index contributed by atoms with van der Waals surface area (Å²) in [5.41, 5.74) is 3.16. The molecule has 0 aliphatic heterocycles. The molecule has 2 saturated carbocycles. The standard InChI is InChI=1S/C36H50N2O4/c1-8-27(22-25-12-10-9-11-13-25)31-23-32(31)37-29-18-20-30(21-19-29)38(34(40)42-36(5,6)7)24-26-14-16-28(17-15-26)33(39)41-35(2,3)4/h9-17,22,29-32,37H,8,18-21,23-24H2,1-7H3/t29?,30?,31?,32-/m0/s1. The molecular formula is C36H50N2O4. The molecular weight excluding hydrogens is 524 g/mol. The van der Waals surface area contributed by atoms with Crippen LogP contribution in [-0.2, 0) is 16.0 Å². The summed E-state index contributed by atoms with van der Waals surface area (Å²) in [6, 6.07) is 19.1. The summed E-state index contributed by atoms with van der Waals surface area (Å²) in [5.74, 6) is 0.276. The minimum absolute atomic E-state index is 0.114. The molecule has 2 aromatic rings. The van der Waals surface area contributed by atoms with E-state index in [2.05, 4.69) is 48.6 Å². The number of carbonyl (C=O) groups excluding carboxylic acids is 2. The predicted molar refractivity (Wildman–Crippen MR) is 169 cm³/mol. The average molecular weight is 575 g/mol. The Balaban J connectivity index is 1.35. The molecule has 0 bridgehead atoms. The van der Waals surface area contributed by atoms with Crippen LogP contribution < -0.4 is 5.32 Å². The van der Waals surface area contributed by atoms with Crippen molar-refractivity contribution in [2.45, 2.75) is 123 Å². The van der Waals surface area contributed by atoms with Crippen molar-refractivity contribution in [2.24, 2.45) is 5.92 Å². The molecule has 1 unspecified atom stereocenters. The van der Waals surface area contributed by atoms with Gasteiger partial charge in [-0.3, -0.25) is 0 Å². The second-order valence-electron chi connectivity index (χ2n) is 13.9. The molecule has 0 heterocycles. The Hall–Kier alpha value is -3.12. The van der Waals surface area contributed by atoms with Gasteiger partial charge in [0.15, 0.2) is 0 Å². The van der Waals surface area contributed by atoms with Gasteiger partial charge >= 0.3 is 12.1 Å². The molecule has 228 valence electrons. The van der Waals surface area contributed by atoms with Crippen LogP contribution in [0.15, 0.2) is 60.2 Å². The summed E-state index contributed by atoms with van der Waals surface area (Å²) in [4.78, 5) is 27.7. The van der Waals surface area contributed by atoms with Crippen LogP contribution in [0.3, 0.4) is 0 Å². The van der Waals surface area contributed by atoms with E-state index in [1.54, 1.807) is 12.1 Å². The third-order valence-electron chi connectivity index (χ3n) is 7.98. The minimum Gasteiger partial charge on any atom is -0.456 e. The molecule has 6 heteroatoms. The Labute approximate surface area is 252 Å². The Kier molecular flexibility index (Phi) is 10.2. The highest BCUT2D eigenvalue weighted by molar-refractivity contribution is 5.89. The van der Waals surface area contributed by atoms with Crippen molar-refractivity contribution in [3.63, 3.8) is 0 Å². The number of hydrogen-bond acceptors (Lipinski definition) is 5. The van der Waals surface area contributed by atoms with Gasteiger partial charge in [0.05, 0.1) is 5.56 Å². The van der Waals surface area contributed by atoms with E-state index in [0.29, 0.717) is 30.1 Å². The number of esters is 1. The normalized spacial score (nSPS) is 22.8. The number of rotatable bonds is 9. The summed E-state index contributed by atoms with van der Waals surface area (Å²) in [7, 11) is 0. The highest BCUT2D eigenvalue weighted by Gasteiger charge is 2.41. The summed E-state index contributed by atoms with van der Waals surface area (Å²) in [6.45, 7) is 14.0. The number of nitrogens with zero attached hydrogens (tertiary/aromatic N) is 1. The van der Waals surface area contributed by atoms with Gasteiger partial charge in [0.2, 0.25) is 0 Å². The zero-order valence-corrected chi connectivity index (χ0v) is 26.6. The number of nitrogens with one attached hydrogen (secondary N) is 1. The van der Waals surface area contributed by atoms with Crippen molar-refractivity contribution < 1.29 is 19.1 Å². The predicted octanol–water partition coefficient (Wildman–Crippen LogP) is 8.16. The summed E-state index contributed by atoms with van der Waals surface area (Å²) in [5, 5.41) is 3.93. The first-order chi connectivity index (χ1) is 19.8. The van der Waals surface area contributed by atoms with Crippen LogP contribution in [0, 0.1) is 5.92 Å². The summed E-state index contributed by atoms with van der Waals surface area (Å²) < 4.78 is 11.3. The van der Waals surface area contributed by atoms with Gasteiger partial charge in [-0.2, -0.15) is 0 Å². The smallest absolute Gasteiger partial charge is 0.410 e. The molecule has 0 aromatic heterocycles. The van der Waals surface area contributed by atoms with Crippen LogP contribution in [0.5, 0.6) is 0 Å². The fraction of sp³-hybridized carbons (Fsp3) is 0.556. The zero-order valence-electron chi connectivity index (χ0n) is 26.6. The van der Waals surface area contributed by atoms with Gasteiger partial charge in [0.25, 0.3) is 0 Å². The van der Waals surface area contributed by atoms with Crippen molar-refractivity contribution in [1.82, 2.24) is 10.2 Å². The largest absolute Gasteiger partial charge is 0.456 e. The Morgan fingerprint density at radius 2 is 1.50 bits per heavy atom. The molecule has 1 N–H and O–H groups in total. The molecule has 2 fully saturated rings. The van der Waals surface area contributed by atoms with E-state index in [4.69, 9.17) is 9.47 Å². The molecule has 2 aromatic carbocycles. The zero-order chi connectivity index (χ0) is 30.5. The number of amides is 1. The van der Waals surface area contributed by atoms with Crippen LogP contribution >= 0.6 is 0 Å². The molecule has 2 aliphatic rings. The van der Waals surface area contributed by atoms with Crippen molar-refractivity contribution in [1.29, 1.82) is 0 Å². The lowest BCUT2D eigenvalue weighted by Gasteiger charge is -2.38. The summed E-state index contributed by atoms with van der Waals surface area (Å²) >= 11 is 0. The molecule has 0 radical (unpaired) electrons. The summed E-state index contributed by atoms with van der Waals surface area (Å²) in [6.07, 6.45) is 8.31. The van der Waals surface area contributed by atoms with Crippen LogP contribution in [0.4, 0.5) is 4.79 Å². The lowest BCUT2D eigenvalue weighted by atomic mass is 9.89. The SMILES string of the molecule is CCC(=Cc1ccccc1)C1C[C@@H]1NC1CCC(N(Cc2ccc(C(=O)OC(C)(C)C)cc2)C(=O)OC(C)(C)C)CC1. The quantitative estimate of drug-likeness (QED) is 0.306. The monoisotopic (exact) mass is 574 g/mol. The molecule has 0 spiro atoms. The lowest BCUT2D eigenvalue weighted by molar-refractivity contribution is 0.00616. The van der Waals surface area contributed by atoms with E-state index in [9.17, 15) is 9.59 Å². The van der Waals surface area contributed by atoms with E-state index in [1.165, 1.54) is 17.6 Å². The van der Waals surface area contributed by atoms with Gasteiger partial charge < -0.3 is 19.7 Å². The minimum atomic E-state index is -0.570. The number of benzene rings is 2. The fourth-order valence-electron chi connectivity index (χ4n) is 5.82.